The maximum atomic E-state index is 12.9. The van der Waals surface area contributed by atoms with E-state index in [9.17, 15) is 18.0 Å². The maximum absolute atomic E-state index is 12.9. The van der Waals surface area contributed by atoms with Gasteiger partial charge in [-0.3, -0.25) is 9.78 Å². The number of nitrogens with zero attached hydrogens (tertiary/aromatic N) is 2. The Morgan fingerprint density at radius 2 is 1.66 bits per heavy atom. The van der Waals surface area contributed by atoms with Gasteiger partial charge in [-0.1, -0.05) is 45.9 Å². The predicted molar refractivity (Wildman–Crippen MR) is 159 cm³/mol. The molecule has 0 spiro atoms. The summed E-state index contributed by atoms with van der Waals surface area (Å²) in [4.78, 5) is 33.1. The highest BCUT2D eigenvalue weighted by Gasteiger charge is 2.27. The molecule has 0 aliphatic rings. The maximum Gasteiger partial charge on any atom is 0.404 e. The first-order valence-corrected chi connectivity index (χ1v) is 14.7. The lowest BCUT2D eigenvalue weighted by Gasteiger charge is -2.30. The van der Waals surface area contributed by atoms with E-state index in [1.54, 1.807) is 43.5 Å². The van der Waals surface area contributed by atoms with Crippen molar-refractivity contribution in [1.82, 2.24) is 20.6 Å². The second-order valence-corrected chi connectivity index (χ2v) is 13.1. The Balaban J connectivity index is 1.60. The van der Waals surface area contributed by atoms with E-state index in [4.69, 9.17) is 10.8 Å². The molecular formula is C30H33N5O5S. The molecule has 2 aromatic heterocycles. The second-order valence-electron chi connectivity index (χ2n) is 10.8. The molecule has 5 N–H and O–H groups in total. The summed E-state index contributed by atoms with van der Waals surface area (Å²) in [6.45, 7) is 7.40. The van der Waals surface area contributed by atoms with E-state index >= 15 is 0 Å². The van der Waals surface area contributed by atoms with E-state index in [-0.39, 0.29) is 23.1 Å². The molecule has 1 unspecified atom stereocenters. The predicted octanol–water partition coefficient (Wildman–Crippen LogP) is 4.75. The molecular weight excluding hydrogens is 542 g/mol. The number of nitrogen functional groups attached to an aromatic ring is 1. The molecule has 0 fully saturated rings. The van der Waals surface area contributed by atoms with Crippen LogP contribution in [0.4, 0.5) is 10.6 Å². The number of hydrogen-bond donors (Lipinski definition) is 4. The minimum atomic E-state index is -3.32. The summed E-state index contributed by atoms with van der Waals surface area (Å²) in [5.41, 5.74) is 9.80. The zero-order valence-electron chi connectivity index (χ0n) is 23.3. The van der Waals surface area contributed by atoms with Gasteiger partial charge in [-0.15, -0.1) is 0 Å². The molecule has 4 rings (SSSR count). The Bertz CT molecular complexity index is 1710. The zero-order valence-corrected chi connectivity index (χ0v) is 24.1. The van der Waals surface area contributed by atoms with Crippen LogP contribution < -0.4 is 16.4 Å². The summed E-state index contributed by atoms with van der Waals surface area (Å²) >= 11 is 0. The van der Waals surface area contributed by atoms with Crippen LogP contribution in [-0.2, 0) is 9.84 Å². The molecule has 2 amide bonds. The van der Waals surface area contributed by atoms with Gasteiger partial charge >= 0.3 is 6.09 Å². The van der Waals surface area contributed by atoms with Gasteiger partial charge in [-0.25, -0.2) is 18.2 Å². The summed E-state index contributed by atoms with van der Waals surface area (Å²) in [6, 6.07) is 15.3. The number of nitrogens with one attached hydrogen (secondary N) is 2. The molecule has 0 radical (unpaired) electrons. The van der Waals surface area contributed by atoms with E-state index < -0.39 is 27.4 Å². The fourth-order valence-corrected chi connectivity index (χ4v) is 5.24. The average molecular weight is 576 g/mol. The second kappa shape index (κ2) is 11.5. The van der Waals surface area contributed by atoms with E-state index in [0.717, 1.165) is 16.5 Å². The Morgan fingerprint density at radius 3 is 2.29 bits per heavy atom. The number of amides is 2. The van der Waals surface area contributed by atoms with Gasteiger partial charge in [0.15, 0.2) is 9.84 Å². The molecule has 0 bridgehead atoms. The molecule has 41 heavy (non-hydrogen) atoms. The van der Waals surface area contributed by atoms with Gasteiger partial charge in [-0.05, 0) is 52.9 Å². The summed E-state index contributed by atoms with van der Waals surface area (Å²) < 4.78 is 24.4. The van der Waals surface area contributed by atoms with Crippen LogP contribution in [-0.4, -0.2) is 53.8 Å². The number of nitrogens with two attached hydrogens (primary N) is 1. The van der Waals surface area contributed by atoms with Gasteiger partial charge in [0.25, 0.3) is 5.91 Å². The molecule has 1 atom stereocenters. The van der Waals surface area contributed by atoms with Crippen molar-refractivity contribution in [2.45, 2.75) is 38.6 Å². The third-order valence-corrected chi connectivity index (χ3v) is 8.64. The van der Waals surface area contributed by atoms with Crippen LogP contribution in [0.1, 0.15) is 38.1 Å². The van der Waals surface area contributed by atoms with Crippen molar-refractivity contribution in [3.63, 3.8) is 0 Å². The number of pyridine rings is 2. The zero-order chi connectivity index (χ0) is 29.9. The summed E-state index contributed by atoms with van der Waals surface area (Å²) in [6.07, 6.45) is 1.96. The Hall–Kier alpha value is -4.51. The normalized spacial score (nSPS) is 12.6. The van der Waals surface area contributed by atoms with Crippen molar-refractivity contribution in [2.24, 2.45) is 5.41 Å². The van der Waals surface area contributed by atoms with Gasteiger partial charge in [0.05, 0.1) is 27.8 Å². The number of fused-ring (bicyclic) bond motifs is 1. The number of carbonyl (C=O) groups excluding carboxylic acids is 1. The van der Waals surface area contributed by atoms with E-state index in [1.807, 2.05) is 45.0 Å². The van der Waals surface area contributed by atoms with E-state index in [0.29, 0.717) is 28.0 Å². The molecule has 4 aromatic rings. The first kappa shape index (κ1) is 29.5. The van der Waals surface area contributed by atoms with Crippen LogP contribution >= 0.6 is 0 Å². The number of aromatic nitrogens is 2. The molecule has 0 saturated carbocycles. The number of hydrogen-bond acceptors (Lipinski definition) is 7. The number of carbonyl (C=O) groups is 2. The fraction of sp³-hybridized carbons (Fsp3) is 0.267. The highest BCUT2D eigenvalue weighted by Crippen LogP contribution is 2.31. The number of benzene rings is 2. The minimum Gasteiger partial charge on any atom is -0.465 e. The average Bonchev–Trinajstić information content (AvgIpc) is 2.94. The number of carboxylic acid groups (broad SMARTS) is 1. The van der Waals surface area contributed by atoms with Crippen molar-refractivity contribution in [3.05, 3.63) is 72.6 Å². The Kier molecular flexibility index (Phi) is 8.29. The van der Waals surface area contributed by atoms with Crippen LogP contribution in [0.2, 0.25) is 0 Å². The third kappa shape index (κ3) is 6.80. The highest BCUT2D eigenvalue weighted by atomic mass is 32.2. The summed E-state index contributed by atoms with van der Waals surface area (Å²) in [5.74, 6) is -0.0271. The minimum absolute atomic E-state index is 0.0197. The largest absolute Gasteiger partial charge is 0.465 e. The van der Waals surface area contributed by atoms with Gasteiger partial charge in [0.2, 0.25) is 0 Å². The first-order valence-electron chi connectivity index (χ1n) is 13.0. The summed E-state index contributed by atoms with van der Waals surface area (Å²) in [5, 5.41) is 15.2. The molecule has 0 aliphatic heterocycles. The molecule has 10 nitrogen and oxygen atoms in total. The lowest BCUT2D eigenvalue weighted by molar-refractivity contribution is 0.0938. The smallest absolute Gasteiger partial charge is 0.404 e. The SMILES string of the molecule is CCS(=O)(=O)c1ccc(-c2cc3cc(-c4cncc(C(=O)NCC(NC(=O)O)C(C)(C)C)c4)ccc3nc2N)cc1. The quantitative estimate of drug-likeness (QED) is 0.234. The van der Waals surface area contributed by atoms with Crippen LogP contribution in [0.5, 0.6) is 0 Å². The van der Waals surface area contributed by atoms with Crippen LogP contribution in [0.15, 0.2) is 71.9 Å². The molecule has 2 heterocycles. The van der Waals surface area contributed by atoms with Gasteiger partial charge in [0, 0.05) is 35.5 Å². The lowest BCUT2D eigenvalue weighted by atomic mass is 9.86. The van der Waals surface area contributed by atoms with E-state index in [1.165, 1.54) is 6.20 Å². The monoisotopic (exact) mass is 575 g/mol. The standard InChI is InChI=1S/C30H33N5O5S/c1-5-41(39,40)23-9-6-18(7-10-23)24-14-20-12-19(8-11-25(20)34-27(24)31)21-13-22(16-32-15-21)28(36)33-17-26(30(2,3)4)35-29(37)38/h6-16,26,35H,5,17H2,1-4H3,(H2,31,34)(H,33,36)(H,37,38). The number of rotatable bonds is 8. The van der Waals surface area contributed by atoms with Crippen molar-refractivity contribution in [3.8, 4) is 22.3 Å². The molecule has 2 aromatic carbocycles. The fourth-order valence-electron chi connectivity index (χ4n) is 4.35. The van der Waals surface area contributed by atoms with Crippen LogP contribution in [0.3, 0.4) is 0 Å². The van der Waals surface area contributed by atoms with Crippen molar-refractivity contribution in [1.29, 1.82) is 0 Å². The highest BCUT2D eigenvalue weighted by molar-refractivity contribution is 7.91. The third-order valence-electron chi connectivity index (χ3n) is 6.89. The first-order chi connectivity index (χ1) is 19.3. The van der Waals surface area contributed by atoms with Crippen molar-refractivity contribution in [2.75, 3.05) is 18.0 Å². The molecule has 0 aliphatic carbocycles. The summed E-state index contributed by atoms with van der Waals surface area (Å²) in [7, 11) is -3.32. The van der Waals surface area contributed by atoms with Crippen molar-refractivity contribution >= 4 is 38.6 Å². The lowest BCUT2D eigenvalue weighted by Crippen LogP contribution is -2.50. The molecule has 214 valence electrons. The number of anilines is 1. The van der Waals surface area contributed by atoms with Gasteiger partial charge in [-0.2, -0.15) is 0 Å². The Labute approximate surface area is 238 Å². The Morgan fingerprint density at radius 1 is 0.976 bits per heavy atom. The van der Waals surface area contributed by atoms with Crippen LogP contribution in [0, 0.1) is 5.41 Å². The molecule has 11 heteroatoms. The van der Waals surface area contributed by atoms with Crippen LogP contribution in [0.25, 0.3) is 33.2 Å². The van der Waals surface area contributed by atoms with Crippen molar-refractivity contribution < 1.29 is 23.1 Å². The van der Waals surface area contributed by atoms with Gasteiger partial charge < -0.3 is 21.5 Å². The number of sulfone groups is 1. The van der Waals surface area contributed by atoms with Gasteiger partial charge in [0.1, 0.15) is 5.82 Å². The molecule has 0 saturated heterocycles. The topological polar surface area (TPSA) is 164 Å². The van der Waals surface area contributed by atoms with E-state index in [2.05, 4.69) is 20.6 Å².